The van der Waals surface area contributed by atoms with Crippen molar-refractivity contribution in [1.82, 2.24) is 9.88 Å². The lowest BCUT2D eigenvalue weighted by Crippen LogP contribution is -2.29. The van der Waals surface area contributed by atoms with Crippen molar-refractivity contribution in [3.63, 3.8) is 0 Å². The molecule has 0 bridgehead atoms. The number of hydrogen-bond donors (Lipinski definition) is 0. The molecule has 0 aliphatic rings. The van der Waals surface area contributed by atoms with Crippen LogP contribution in [0.15, 0.2) is 59.5 Å². The van der Waals surface area contributed by atoms with E-state index in [0.717, 1.165) is 11.3 Å². The summed E-state index contributed by atoms with van der Waals surface area (Å²) in [5.41, 5.74) is 0.963. The van der Waals surface area contributed by atoms with E-state index in [4.69, 9.17) is 16.0 Å². The standard InChI is InChI=1S/C16H13ClN2O2S/c17-15-6-5-14(22-15)16(20)19(11-13-4-2-8-21-13)10-12-3-1-7-18-9-12/h1-9H,10-11H2. The third-order valence-electron chi connectivity index (χ3n) is 3.09. The van der Waals surface area contributed by atoms with E-state index in [-0.39, 0.29) is 5.91 Å². The first kappa shape index (κ1) is 14.8. The molecule has 3 rings (SSSR count). The number of halogens is 1. The molecule has 0 spiro atoms. The van der Waals surface area contributed by atoms with Crippen molar-refractivity contribution in [2.75, 3.05) is 0 Å². The van der Waals surface area contributed by atoms with Gasteiger partial charge < -0.3 is 9.32 Å². The minimum Gasteiger partial charge on any atom is -0.467 e. The highest BCUT2D eigenvalue weighted by Gasteiger charge is 2.19. The normalized spacial score (nSPS) is 10.6. The van der Waals surface area contributed by atoms with E-state index < -0.39 is 0 Å². The fraction of sp³-hybridized carbons (Fsp3) is 0.125. The van der Waals surface area contributed by atoms with Gasteiger partial charge in [-0.1, -0.05) is 17.7 Å². The van der Waals surface area contributed by atoms with Crippen LogP contribution in [0.1, 0.15) is 21.0 Å². The van der Waals surface area contributed by atoms with Crippen molar-refractivity contribution >= 4 is 28.8 Å². The third kappa shape index (κ3) is 3.55. The summed E-state index contributed by atoms with van der Waals surface area (Å²) in [5, 5.41) is 0. The van der Waals surface area contributed by atoms with Gasteiger partial charge in [-0.05, 0) is 35.9 Å². The van der Waals surface area contributed by atoms with Gasteiger partial charge in [0.2, 0.25) is 0 Å². The molecule has 0 atom stereocenters. The van der Waals surface area contributed by atoms with Crippen molar-refractivity contribution in [3.8, 4) is 0 Å². The number of amides is 1. The lowest BCUT2D eigenvalue weighted by atomic mass is 10.2. The Labute approximate surface area is 137 Å². The molecule has 0 radical (unpaired) electrons. The van der Waals surface area contributed by atoms with Gasteiger partial charge in [-0.25, -0.2) is 0 Å². The van der Waals surface area contributed by atoms with E-state index in [2.05, 4.69) is 4.98 Å². The molecule has 0 saturated carbocycles. The van der Waals surface area contributed by atoms with Crippen LogP contribution in [-0.2, 0) is 13.1 Å². The van der Waals surface area contributed by atoms with Crippen LogP contribution in [0.25, 0.3) is 0 Å². The van der Waals surface area contributed by atoms with Crippen LogP contribution in [0.3, 0.4) is 0 Å². The fourth-order valence-corrected chi connectivity index (χ4v) is 3.10. The fourth-order valence-electron chi connectivity index (χ4n) is 2.09. The predicted molar refractivity (Wildman–Crippen MR) is 85.9 cm³/mol. The molecule has 0 unspecified atom stereocenters. The minimum absolute atomic E-state index is 0.0721. The zero-order chi connectivity index (χ0) is 15.4. The van der Waals surface area contributed by atoms with E-state index in [9.17, 15) is 4.79 Å². The molecule has 0 aliphatic heterocycles. The second kappa shape index (κ2) is 6.77. The number of furan rings is 1. The summed E-state index contributed by atoms with van der Waals surface area (Å²) < 4.78 is 5.96. The van der Waals surface area contributed by atoms with E-state index in [0.29, 0.717) is 22.3 Å². The van der Waals surface area contributed by atoms with Crippen LogP contribution >= 0.6 is 22.9 Å². The average Bonchev–Trinajstić information content (AvgIpc) is 3.18. The molecule has 0 N–H and O–H groups in total. The van der Waals surface area contributed by atoms with Crippen LogP contribution in [0.5, 0.6) is 0 Å². The molecule has 112 valence electrons. The highest BCUT2D eigenvalue weighted by atomic mass is 35.5. The molecule has 3 heterocycles. The number of aromatic nitrogens is 1. The average molecular weight is 333 g/mol. The molecule has 3 aromatic heterocycles. The van der Waals surface area contributed by atoms with Gasteiger partial charge in [0.1, 0.15) is 5.76 Å². The Hall–Kier alpha value is -2.11. The van der Waals surface area contributed by atoms with Crippen LogP contribution in [-0.4, -0.2) is 15.8 Å². The molecule has 0 aromatic carbocycles. The van der Waals surface area contributed by atoms with E-state index in [1.54, 1.807) is 35.7 Å². The Morgan fingerprint density at radius 1 is 1.23 bits per heavy atom. The number of hydrogen-bond acceptors (Lipinski definition) is 4. The van der Waals surface area contributed by atoms with Crippen molar-refractivity contribution in [3.05, 3.63) is 75.6 Å². The monoisotopic (exact) mass is 332 g/mol. The Morgan fingerprint density at radius 3 is 2.77 bits per heavy atom. The van der Waals surface area contributed by atoms with Crippen LogP contribution in [0.4, 0.5) is 0 Å². The number of nitrogens with zero attached hydrogens (tertiary/aromatic N) is 2. The molecule has 1 amide bonds. The summed E-state index contributed by atoms with van der Waals surface area (Å²) >= 11 is 7.21. The lowest BCUT2D eigenvalue weighted by molar-refractivity contribution is 0.0722. The SMILES string of the molecule is O=C(c1ccc(Cl)s1)N(Cc1cccnc1)Cc1ccco1. The molecular weight excluding hydrogens is 320 g/mol. The Kier molecular flexibility index (Phi) is 4.56. The topological polar surface area (TPSA) is 46.3 Å². The predicted octanol–water partition coefficient (Wildman–Crippen LogP) is 4.23. The maximum absolute atomic E-state index is 12.7. The summed E-state index contributed by atoms with van der Waals surface area (Å²) in [6.45, 7) is 0.860. The van der Waals surface area contributed by atoms with Gasteiger partial charge in [-0.3, -0.25) is 9.78 Å². The number of carbonyl (C=O) groups is 1. The Morgan fingerprint density at radius 2 is 2.14 bits per heavy atom. The highest BCUT2D eigenvalue weighted by Crippen LogP contribution is 2.24. The maximum Gasteiger partial charge on any atom is 0.264 e. The summed E-state index contributed by atoms with van der Waals surface area (Å²) in [6, 6.07) is 10.9. The zero-order valence-corrected chi connectivity index (χ0v) is 13.2. The molecule has 6 heteroatoms. The smallest absolute Gasteiger partial charge is 0.264 e. The summed E-state index contributed by atoms with van der Waals surface area (Å²) in [4.78, 5) is 19.1. The largest absolute Gasteiger partial charge is 0.467 e. The zero-order valence-electron chi connectivity index (χ0n) is 11.6. The van der Waals surface area contributed by atoms with Crippen LogP contribution in [0.2, 0.25) is 4.34 Å². The second-order valence-electron chi connectivity index (χ2n) is 4.71. The summed E-state index contributed by atoms with van der Waals surface area (Å²) in [7, 11) is 0. The number of thiophene rings is 1. The first-order valence-electron chi connectivity index (χ1n) is 6.68. The van der Waals surface area contributed by atoms with Gasteiger partial charge in [0.25, 0.3) is 5.91 Å². The Balaban J connectivity index is 1.83. The van der Waals surface area contributed by atoms with Crippen LogP contribution < -0.4 is 0 Å². The molecule has 3 aromatic rings. The molecule has 0 aliphatic carbocycles. The molecule has 0 fully saturated rings. The van der Waals surface area contributed by atoms with Gasteiger partial charge in [-0.15, -0.1) is 11.3 Å². The van der Waals surface area contributed by atoms with E-state index in [1.807, 2.05) is 24.3 Å². The summed E-state index contributed by atoms with van der Waals surface area (Å²) in [6.07, 6.45) is 5.06. The van der Waals surface area contributed by atoms with Gasteiger partial charge in [0, 0.05) is 18.9 Å². The van der Waals surface area contributed by atoms with Crippen molar-refractivity contribution in [2.24, 2.45) is 0 Å². The number of pyridine rings is 1. The van der Waals surface area contributed by atoms with Gasteiger partial charge >= 0.3 is 0 Å². The van der Waals surface area contributed by atoms with Crippen molar-refractivity contribution < 1.29 is 9.21 Å². The van der Waals surface area contributed by atoms with Crippen molar-refractivity contribution in [2.45, 2.75) is 13.1 Å². The summed E-state index contributed by atoms with van der Waals surface area (Å²) in [5.74, 6) is 0.664. The van der Waals surface area contributed by atoms with Gasteiger partial charge in [0.15, 0.2) is 0 Å². The first-order chi connectivity index (χ1) is 10.7. The van der Waals surface area contributed by atoms with Crippen LogP contribution in [0, 0.1) is 0 Å². The molecule has 4 nitrogen and oxygen atoms in total. The van der Waals surface area contributed by atoms with Gasteiger partial charge in [0.05, 0.1) is 22.0 Å². The molecular formula is C16H13ClN2O2S. The molecule has 0 saturated heterocycles. The molecule has 22 heavy (non-hydrogen) atoms. The maximum atomic E-state index is 12.7. The second-order valence-corrected chi connectivity index (χ2v) is 6.42. The van der Waals surface area contributed by atoms with Gasteiger partial charge in [-0.2, -0.15) is 0 Å². The highest BCUT2D eigenvalue weighted by molar-refractivity contribution is 7.17. The lowest BCUT2D eigenvalue weighted by Gasteiger charge is -2.21. The van der Waals surface area contributed by atoms with Crippen molar-refractivity contribution in [1.29, 1.82) is 0 Å². The van der Waals surface area contributed by atoms with E-state index >= 15 is 0 Å². The quantitative estimate of drug-likeness (QED) is 0.702. The Bertz CT molecular complexity index is 741. The third-order valence-corrected chi connectivity index (χ3v) is 4.31. The first-order valence-corrected chi connectivity index (χ1v) is 7.88. The number of carbonyl (C=O) groups excluding carboxylic acids is 1. The number of rotatable bonds is 5. The minimum atomic E-state index is -0.0721. The van der Waals surface area contributed by atoms with E-state index in [1.165, 1.54) is 11.3 Å².